The Kier molecular flexibility index (Phi) is 8.56. The van der Waals surface area contributed by atoms with Crippen molar-refractivity contribution in [1.29, 1.82) is 0 Å². The first-order valence-corrected chi connectivity index (χ1v) is 20.6. The molecule has 11 aromatic rings. The van der Waals surface area contributed by atoms with Crippen LogP contribution < -0.4 is 9.80 Å². The second-order valence-corrected chi connectivity index (χ2v) is 15.5. The van der Waals surface area contributed by atoms with Crippen molar-refractivity contribution in [3.63, 3.8) is 0 Å². The van der Waals surface area contributed by atoms with Crippen molar-refractivity contribution >= 4 is 77.7 Å². The molecule has 0 saturated carbocycles. The lowest BCUT2D eigenvalue weighted by atomic mass is 9.93. The molecular formula is C56H42N4. The van der Waals surface area contributed by atoms with Crippen molar-refractivity contribution in [1.82, 2.24) is 9.13 Å². The molecule has 0 radical (unpaired) electrons. The summed E-state index contributed by atoms with van der Waals surface area (Å²) >= 11 is 0. The van der Waals surface area contributed by atoms with E-state index in [1.165, 1.54) is 54.7 Å². The van der Waals surface area contributed by atoms with Gasteiger partial charge in [0.15, 0.2) is 0 Å². The molecular weight excluding hydrogens is 729 g/mol. The van der Waals surface area contributed by atoms with Gasteiger partial charge in [-0.3, -0.25) is 0 Å². The Morgan fingerprint density at radius 3 is 1.07 bits per heavy atom. The minimum absolute atomic E-state index is 1.10. The summed E-state index contributed by atoms with van der Waals surface area (Å²) < 4.78 is 4.61. The first-order valence-electron chi connectivity index (χ1n) is 20.6. The van der Waals surface area contributed by atoms with Gasteiger partial charge in [0.25, 0.3) is 0 Å². The Morgan fingerprint density at radius 1 is 0.267 bits per heavy atom. The quantitative estimate of drug-likeness (QED) is 0.153. The maximum absolute atomic E-state index is 2.37. The SMILES string of the molecule is Cn1c2ccccc2c2ccc(N(c3ccccc3)c3cccc(-c4ccccc4-c4cccc(N(c5ccccc5)c5ccc6c7ccccc7n(C)c6c5)c4)c3)cc21. The molecule has 0 bridgehead atoms. The lowest BCUT2D eigenvalue weighted by Crippen LogP contribution is -2.10. The first-order chi connectivity index (χ1) is 29.6. The summed E-state index contributed by atoms with van der Waals surface area (Å²) in [6.07, 6.45) is 0. The molecule has 0 aliphatic carbocycles. The van der Waals surface area contributed by atoms with Crippen LogP contribution in [0.15, 0.2) is 218 Å². The highest BCUT2D eigenvalue weighted by Gasteiger charge is 2.19. The summed E-state index contributed by atoms with van der Waals surface area (Å²) in [5, 5.41) is 5.06. The third-order valence-corrected chi connectivity index (χ3v) is 12.1. The van der Waals surface area contributed by atoms with Crippen LogP contribution in [-0.2, 0) is 14.1 Å². The Bertz CT molecular complexity index is 3130. The number of anilines is 6. The summed E-state index contributed by atoms with van der Waals surface area (Å²) in [4.78, 5) is 4.74. The molecule has 4 heteroatoms. The minimum Gasteiger partial charge on any atom is -0.344 e. The molecule has 4 nitrogen and oxygen atoms in total. The molecule has 0 aliphatic rings. The molecule has 0 amide bonds. The molecule has 0 spiro atoms. The number of para-hydroxylation sites is 4. The summed E-state index contributed by atoms with van der Waals surface area (Å²) in [6, 6.07) is 79.1. The predicted octanol–water partition coefficient (Wildman–Crippen LogP) is 15.2. The topological polar surface area (TPSA) is 16.3 Å². The fourth-order valence-corrected chi connectivity index (χ4v) is 9.24. The summed E-state index contributed by atoms with van der Waals surface area (Å²) in [5.74, 6) is 0. The third kappa shape index (κ3) is 5.92. The van der Waals surface area contributed by atoms with Gasteiger partial charge in [-0.2, -0.15) is 0 Å². The van der Waals surface area contributed by atoms with Gasteiger partial charge in [0, 0.05) is 80.8 Å². The number of aromatic nitrogens is 2. The van der Waals surface area contributed by atoms with Gasteiger partial charge in [-0.1, -0.05) is 133 Å². The van der Waals surface area contributed by atoms with Crippen molar-refractivity contribution in [3.8, 4) is 22.3 Å². The van der Waals surface area contributed by atoms with Crippen molar-refractivity contribution in [2.75, 3.05) is 9.80 Å². The smallest absolute Gasteiger partial charge is 0.0509 e. The first kappa shape index (κ1) is 35.4. The van der Waals surface area contributed by atoms with E-state index < -0.39 is 0 Å². The van der Waals surface area contributed by atoms with Gasteiger partial charge in [0.05, 0.1) is 11.0 Å². The van der Waals surface area contributed by atoms with Crippen molar-refractivity contribution in [2.45, 2.75) is 0 Å². The van der Waals surface area contributed by atoms with E-state index in [-0.39, 0.29) is 0 Å². The zero-order valence-corrected chi connectivity index (χ0v) is 33.6. The molecule has 9 aromatic carbocycles. The van der Waals surface area contributed by atoms with E-state index in [1.807, 2.05) is 0 Å². The molecule has 11 rings (SSSR count). The van der Waals surface area contributed by atoms with Gasteiger partial charge in [-0.25, -0.2) is 0 Å². The molecule has 2 aromatic heterocycles. The van der Waals surface area contributed by atoms with E-state index in [0.717, 1.165) is 45.3 Å². The molecule has 0 saturated heterocycles. The standard InChI is InChI=1S/C56H42N4/c1-57-53-29-13-11-27-49(53)51-33-31-45(37-55(51)57)59(41-19-5-3-6-20-41)43-23-15-17-39(35-43)47-25-9-10-26-48(47)40-18-16-24-44(36-40)60(42-21-7-4-8-22-42)46-32-34-52-50-28-12-14-30-54(50)58(2)56(52)38-46/h3-38H,1-2H3. The number of rotatable bonds is 8. The minimum atomic E-state index is 1.10. The van der Waals surface area contributed by atoms with E-state index >= 15 is 0 Å². The van der Waals surface area contributed by atoms with E-state index in [4.69, 9.17) is 0 Å². The van der Waals surface area contributed by atoms with Crippen LogP contribution in [0, 0.1) is 0 Å². The van der Waals surface area contributed by atoms with Gasteiger partial charge < -0.3 is 18.9 Å². The molecule has 2 heterocycles. The Hall–Kier alpha value is -7.82. The van der Waals surface area contributed by atoms with Crippen LogP contribution >= 0.6 is 0 Å². The highest BCUT2D eigenvalue weighted by atomic mass is 15.1. The van der Waals surface area contributed by atoms with E-state index in [2.05, 4.69) is 251 Å². The molecule has 286 valence electrons. The summed E-state index contributed by atoms with van der Waals surface area (Å²) in [7, 11) is 4.33. The lowest BCUT2D eigenvalue weighted by Gasteiger charge is -2.27. The Morgan fingerprint density at radius 2 is 0.617 bits per heavy atom. The van der Waals surface area contributed by atoms with Gasteiger partial charge in [0.2, 0.25) is 0 Å². The summed E-state index contributed by atoms with van der Waals surface area (Å²) in [5.41, 5.74) is 16.2. The fourth-order valence-electron chi connectivity index (χ4n) is 9.24. The molecule has 0 N–H and O–H groups in total. The normalized spacial score (nSPS) is 11.5. The molecule has 60 heavy (non-hydrogen) atoms. The van der Waals surface area contributed by atoms with Crippen LogP contribution in [0.5, 0.6) is 0 Å². The van der Waals surface area contributed by atoms with E-state index in [0.29, 0.717) is 0 Å². The van der Waals surface area contributed by atoms with Crippen LogP contribution in [0.25, 0.3) is 65.9 Å². The Balaban J connectivity index is 1.02. The second kappa shape index (κ2) is 14.5. The number of aryl methyl sites for hydroxylation is 2. The largest absolute Gasteiger partial charge is 0.344 e. The fraction of sp³-hybridized carbons (Fsp3) is 0.0357. The zero-order chi connectivity index (χ0) is 40.2. The van der Waals surface area contributed by atoms with E-state index in [9.17, 15) is 0 Å². The zero-order valence-electron chi connectivity index (χ0n) is 33.6. The van der Waals surface area contributed by atoms with Crippen molar-refractivity contribution < 1.29 is 0 Å². The van der Waals surface area contributed by atoms with Crippen molar-refractivity contribution in [2.24, 2.45) is 14.1 Å². The average molecular weight is 771 g/mol. The number of hydrogen-bond donors (Lipinski definition) is 0. The predicted molar refractivity (Wildman–Crippen MR) is 255 cm³/mol. The van der Waals surface area contributed by atoms with Crippen LogP contribution in [0.2, 0.25) is 0 Å². The van der Waals surface area contributed by atoms with Crippen LogP contribution in [-0.4, -0.2) is 9.13 Å². The Labute approximate surface area is 350 Å². The highest BCUT2D eigenvalue weighted by molar-refractivity contribution is 6.10. The van der Waals surface area contributed by atoms with Crippen molar-refractivity contribution in [3.05, 3.63) is 218 Å². The number of nitrogens with zero attached hydrogens (tertiary/aromatic N) is 4. The number of hydrogen-bond acceptors (Lipinski definition) is 2. The number of fused-ring (bicyclic) bond motifs is 6. The highest BCUT2D eigenvalue weighted by Crippen LogP contribution is 2.43. The van der Waals surface area contributed by atoms with Gasteiger partial charge in [-0.05, 0) is 107 Å². The molecule has 0 fully saturated rings. The van der Waals surface area contributed by atoms with Gasteiger partial charge >= 0.3 is 0 Å². The van der Waals surface area contributed by atoms with E-state index in [1.54, 1.807) is 0 Å². The maximum atomic E-state index is 2.37. The maximum Gasteiger partial charge on any atom is 0.0509 e. The lowest BCUT2D eigenvalue weighted by molar-refractivity contribution is 1.01. The summed E-state index contributed by atoms with van der Waals surface area (Å²) in [6.45, 7) is 0. The van der Waals surface area contributed by atoms with Gasteiger partial charge in [-0.15, -0.1) is 0 Å². The van der Waals surface area contributed by atoms with Crippen LogP contribution in [0.3, 0.4) is 0 Å². The third-order valence-electron chi connectivity index (χ3n) is 12.1. The number of benzene rings is 9. The van der Waals surface area contributed by atoms with Gasteiger partial charge in [0.1, 0.15) is 0 Å². The molecule has 0 unspecified atom stereocenters. The van der Waals surface area contributed by atoms with Crippen LogP contribution in [0.4, 0.5) is 34.1 Å². The molecule has 0 aliphatic heterocycles. The average Bonchev–Trinajstić information content (AvgIpc) is 3.76. The van der Waals surface area contributed by atoms with Crippen LogP contribution in [0.1, 0.15) is 0 Å². The molecule has 0 atom stereocenters. The monoisotopic (exact) mass is 770 g/mol. The second-order valence-electron chi connectivity index (χ2n) is 15.5.